The number of nitrogens with zero attached hydrogens (tertiary/aromatic N) is 1. The first-order valence-corrected chi connectivity index (χ1v) is 7.98. The standard InChI is InChI=1S/C9H11F3N2O4S2/c1-14(6-9(10,11)12)20(17,18)8-4-2-3-7(5-8)19(13,15)16/h2-5H,6H2,1H3,(H2,13,15,16). The Bertz CT molecular complexity index is 698. The number of halogens is 3. The molecule has 0 bridgehead atoms. The molecule has 0 atom stereocenters. The molecule has 0 fully saturated rings. The molecule has 0 radical (unpaired) electrons. The van der Waals surface area contributed by atoms with Gasteiger partial charge >= 0.3 is 6.18 Å². The Hall–Kier alpha value is -1.17. The Balaban J connectivity index is 3.24. The number of sulfonamides is 2. The van der Waals surface area contributed by atoms with E-state index in [1.54, 1.807) is 0 Å². The van der Waals surface area contributed by atoms with E-state index in [0.29, 0.717) is 6.07 Å². The lowest BCUT2D eigenvalue weighted by atomic mass is 10.4. The second kappa shape index (κ2) is 5.31. The Kier molecular flexibility index (Phi) is 4.49. The van der Waals surface area contributed by atoms with Crippen LogP contribution in [0, 0.1) is 0 Å². The number of hydrogen-bond donors (Lipinski definition) is 1. The van der Waals surface area contributed by atoms with Gasteiger partial charge in [0.15, 0.2) is 0 Å². The Morgan fingerprint density at radius 2 is 1.65 bits per heavy atom. The molecule has 0 aliphatic rings. The smallest absolute Gasteiger partial charge is 0.225 e. The topological polar surface area (TPSA) is 97.5 Å². The zero-order valence-electron chi connectivity index (χ0n) is 10.1. The third-order valence-electron chi connectivity index (χ3n) is 2.24. The Labute approximate surface area is 114 Å². The molecule has 1 rings (SSSR count). The highest BCUT2D eigenvalue weighted by Crippen LogP contribution is 2.22. The van der Waals surface area contributed by atoms with Gasteiger partial charge < -0.3 is 0 Å². The van der Waals surface area contributed by atoms with Gasteiger partial charge in [-0.3, -0.25) is 0 Å². The molecule has 0 aliphatic heterocycles. The second-order valence-corrected chi connectivity index (χ2v) is 7.50. The van der Waals surface area contributed by atoms with E-state index in [1.807, 2.05) is 0 Å². The summed E-state index contributed by atoms with van der Waals surface area (Å²) in [5.41, 5.74) is 0. The van der Waals surface area contributed by atoms with Gasteiger partial charge in [0.05, 0.1) is 9.79 Å². The molecule has 6 nitrogen and oxygen atoms in total. The Morgan fingerprint density at radius 1 is 1.15 bits per heavy atom. The first-order valence-electron chi connectivity index (χ1n) is 5.00. The van der Waals surface area contributed by atoms with E-state index in [0.717, 1.165) is 25.2 Å². The fourth-order valence-corrected chi connectivity index (χ4v) is 3.17. The van der Waals surface area contributed by atoms with Gasteiger partial charge in [-0.05, 0) is 18.2 Å². The van der Waals surface area contributed by atoms with Crippen LogP contribution in [0.3, 0.4) is 0 Å². The first-order chi connectivity index (χ1) is 8.84. The number of primary sulfonamides is 1. The molecule has 1 aromatic rings. The molecule has 11 heteroatoms. The predicted molar refractivity (Wildman–Crippen MR) is 63.7 cm³/mol. The summed E-state index contributed by atoms with van der Waals surface area (Å²) in [5, 5.41) is 4.83. The van der Waals surface area contributed by atoms with Crippen molar-refractivity contribution in [3.63, 3.8) is 0 Å². The fraction of sp³-hybridized carbons (Fsp3) is 0.333. The lowest BCUT2D eigenvalue weighted by Crippen LogP contribution is -2.35. The maximum absolute atomic E-state index is 12.2. The lowest BCUT2D eigenvalue weighted by molar-refractivity contribution is -0.134. The number of alkyl halides is 3. The molecule has 0 heterocycles. The summed E-state index contributed by atoms with van der Waals surface area (Å²) in [5.74, 6) is 0. The summed E-state index contributed by atoms with van der Waals surface area (Å²) in [6.45, 7) is -1.69. The van der Waals surface area contributed by atoms with Crippen LogP contribution in [-0.4, -0.2) is 40.9 Å². The van der Waals surface area contributed by atoms with Gasteiger partial charge in [0.25, 0.3) is 0 Å². The quantitative estimate of drug-likeness (QED) is 0.869. The highest BCUT2D eigenvalue weighted by Gasteiger charge is 2.35. The molecule has 2 N–H and O–H groups in total. The summed E-state index contributed by atoms with van der Waals surface area (Å²) >= 11 is 0. The summed E-state index contributed by atoms with van der Waals surface area (Å²) < 4.78 is 82.6. The van der Waals surface area contributed by atoms with Gasteiger partial charge in [-0.2, -0.15) is 17.5 Å². The normalized spacial score (nSPS) is 13.7. The molecule has 1 aromatic carbocycles. The highest BCUT2D eigenvalue weighted by molar-refractivity contribution is 7.90. The maximum atomic E-state index is 12.2. The minimum atomic E-state index is -4.71. The molecule has 0 aromatic heterocycles. The van der Waals surface area contributed by atoms with Crippen LogP contribution >= 0.6 is 0 Å². The van der Waals surface area contributed by atoms with Crippen molar-refractivity contribution in [2.75, 3.05) is 13.6 Å². The molecule has 20 heavy (non-hydrogen) atoms. The number of benzene rings is 1. The first kappa shape index (κ1) is 16.9. The van der Waals surface area contributed by atoms with Gasteiger partial charge in [0.2, 0.25) is 20.0 Å². The van der Waals surface area contributed by atoms with E-state index in [1.165, 1.54) is 0 Å². The second-order valence-electron chi connectivity index (χ2n) is 3.90. The molecule has 114 valence electrons. The van der Waals surface area contributed by atoms with E-state index < -0.39 is 42.6 Å². The summed E-state index contributed by atoms with van der Waals surface area (Å²) in [6, 6.07) is 3.81. The van der Waals surface area contributed by atoms with Crippen molar-refractivity contribution in [3.8, 4) is 0 Å². The number of nitrogens with two attached hydrogens (primary N) is 1. The minimum absolute atomic E-state index is 0.0786. The summed E-state index contributed by atoms with van der Waals surface area (Å²) in [6.07, 6.45) is -4.71. The molecule has 0 amide bonds. The maximum Gasteiger partial charge on any atom is 0.402 e. The highest BCUT2D eigenvalue weighted by atomic mass is 32.2. The van der Waals surface area contributed by atoms with Crippen LogP contribution < -0.4 is 5.14 Å². The molecular formula is C9H11F3N2O4S2. The summed E-state index contributed by atoms with van der Waals surface area (Å²) in [7, 11) is -7.87. The van der Waals surface area contributed by atoms with Crippen LogP contribution in [0.25, 0.3) is 0 Å². The van der Waals surface area contributed by atoms with Crippen molar-refractivity contribution in [1.29, 1.82) is 0 Å². The van der Waals surface area contributed by atoms with Crippen LogP contribution in [0.4, 0.5) is 13.2 Å². The Morgan fingerprint density at radius 3 is 2.10 bits per heavy atom. The van der Waals surface area contributed by atoms with Crippen LogP contribution in [0.2, 0.25) is 0 Å². The predicted octanol–water partition coefficient (Wildman–Crippen LogP) is 0.517. The van der Waals surface area contributed by atoms with Gasteiger partial charge in [-0.25, -0.2) is 22.0 Å². The lowest BCUT2D eigenvalue weighted by Gasteiger charge is -2.18. The van der Waals surface area contributed by atoms with Crippen LogP contribution in [-0.2, 0) is 20.0 Å². The molecule has 0 saturated carbocycles. The van der Waals surface area contributed by atoms with Gasteiger partial charge in [-0.1, -0.05) is 6.07 Å². The third kappa shape index (κ3) is 4.16. The van der Waals surface area contributed by atoms with Gasteiger partial charge in [-0.15, -0.1) is 0 Å². The monoisotopic (exact) mass is 332 g/mol. The molecule has 0 aliphatic carbocycles. The van der Waals surface area contributed by atoms with Gasteiger partial charge in [0.1, 0.15) is 6.54 Å². The van der Waals surface area contributed by atoms with Crippen molar-refractivity contribution in [2.45, 2.75) is 16.0 Å². The van der Waals surface area contributed by atoms with Gasteiger partial charge in [0, 0.05) is 7.05 Å². The summed E-state index contributed by atoms with van der Waals surface area (Å²) in [4.78, 5) is -1.09. The largest absolute Gasteiger partial charge is 0.402 e. The number of rotatable bonds is 4. The van der Waals surface area contributed by atoms with E-state index in [2.05, 4.69) is 0 Å². The molecule has 0 spiro atoms. The van der Waals surface area contributed by atoms with Crippen LogP contribution in [0.1, 0.15) is 0 Å². The molecule has 0 saturated heterocycles. The van der Waals surface area contributed by atoms with E-state index in [4.69, 9.17) is 5.14 Å². The van der Waals surface area contributed by atoms with Crippen LogP contribution in [0.5, 0.6) is 0 Å². The minimum Gasteiger partial charge on any atom is -0.225 e. The third-order valence-corrected chi connectivity index (χ3v) is 4.95. The van der Waals surface area contributed by atoms with Crippen LogP contribution in [0.15, 0.2) is 34.1 Å². The van der Waals surface area contributed by atoms with E-state index in [-0.39, 0.29) is 4.31 Å². The van der Waals surface area contributed by atoms with E-state index in [9.17, 15) is 30.0 Å². The van der Waals surface area contributed by atoms with Crippen molar-refractivity contribution in [2.24, 2.45) is 5.14 Å². The molecular weight excluding hydrogens is 321 g/mol. The van der Waals surface area contributed by atoms with Crippen molar-refractivity contribution in [3.05, 3.63) is 24.3 Å². The van der Waals surface area contributed by atoms with Crippen molar-refractivity contribution < 1.29 is 30.0 Å². The SMILES string of the molecule is CN(CC(F)(F)F)S(=O)(=O)c1cccc(S(N)(=O)=O)c1. The zero-order valence-corrected chi connectivity index (χ0v) is 11.8. The molecule has 0 unspecified atom stereocenters. The number of hydrogen-bond acceptors (Lipinski definition) is 4. The van der Waals surface area contributed by atoms with Crippen molar-refractivity contribution in [1.82, 2.24) is 4.31 Å². The fourth-order valence-electron chi connectivity index (χ4n) is 1.33. The van der Waals surface area contributed by atoms with E-state index >= 15 is 0 Å². The average molecular weight is 332 g/mol. The average Bonchev–Trinajstić information content (AvgIpc) is 2.25. The van der Waals surface area contributed by atoms with Crippen molar-refractivity contribution >= 4 is 20.0 Å². The zero-order chi connectivity index (χ0) is 15.8.